The van der Waals surface area contributed by atoms with Crippen molar-refractivity contribution in [3.8, 4) is 11.5 Å². The Morgan fingerprint density at radius 2 is 1.72 bits per heavy atom. The van der Waals surface area contributed by atoms with Crippen molar-refractivity contribution in [2.45, 2.75) is 19.0 Å². The smallest absolute Gasteiger partial charge is 0.242 e. The van der Waals surface area contributed by atoms with Crippen LogP contribution in [-0.4, -0.2) is 39.1 Å². The number of carbonyl (C=O) groups is 1. The van der Waals surface area contributed by atoms with Gasteiger partial charge in [0, 0.05) is 5.56 Å². The molecule has 1 N–H and O–H groups in total. The normalized spacial score (nSPS) is 13.2. The number of hydrogen-bond acceptors (Lipinski definition) is 4. The van der Waals surface area contributed by atoms with Crippen LogP contribution in [0.2, 0.25) is 0 Å². The van der Waals surface area contributed by atoms with Gasteiger partial charge in [-0.3, -0.25) is 9.69 Å². The zero-order chi connectivity index (χ0) is 18.4. The van der Waals surface area contributed by atoms with Crippen LogP contribution in [0.5, 0.6) is 11.5 Å². The number of hydrogen-bond donors (Lipinski definition) is 1. The minimum atomic E-state index is -0.361. The van der Waals surface area contributed by atoms with Gasteiger partial charge >= 0.3 is 0 Å². The summed E-state index contributed by atoms with van der Waals surface area (Å²) in [7, 11) is 7.03. The summed E-state index contributed by atoms with van der Waals surface area (Å²) in [6, 6.07) is 14.7. The SMILES string of the molecule is COc1ccc(OC)c([C@H](C)NC(=O)[C@H](c2ccccc2)N(C)C)c1. The third kappa shape index (κ3) is 4.51. The van der Waals surface area contributed by atoms with Crippen molar-refractivity contribution >= 4 is 5.91 Å². The minimum absolute atomic E-state index is 0.0615. The second-order valence-electron chi connectivity index (χ2n) is 6.11. The Morgan fingerprint density at radius 1 is 1.04 bits per heavy atom. The van der Waals surface area contributed by atoms with Gasteiger partial charge in [0.1, 0.15) is 17.5 Å². The number of nitrogens with one attached hydrogen (secondary N) is 1. The van der Waals surface area contributed by atoms with Gasteiger partial charge in [0.2, 0.25) is 5.91 Å². The largest absolute Gasteiger partial charge is 0.497 e. The van der Waals surface area contributed by atoms with Crippen molar-refractivity contribution in [3.05, 3.63) is 59.7 Å². The summed E-state index contributed by atoms with van der Waals surface area (Å²) in [6.07, 6.45) is 0. The number of methoxy groups -OCH3 is 2. The van der Waals surface area contributed by atoms with Crippen LogP contribution in [0.1, 0.15) is 30.1 Å². The summed E-state index contributed by atoms with van der Waals surface area (Å²) < 4.78 is 10.7. The van der Waals surface area contributed by atoms with E-state index in [1.165, 1.54) is 0 Å². The first-order valence-corrected chi connectivity index (χ1v) is 8.21. The molecule has 0 unspecified atom stereocenters. The maximum absolute atomic E-state index is 12.9. The van der Waals surface area contributed by atoms with Gasteiger partial charge in [-0.15, -0.1) is 0 Å². The zero-order valence-electron chi connectivity index (χ0n) is 15.4. The maximum Gasteiger partial charge on any atom is 0.242 e. The van der Waals surface area contributed by atoms with Crippen LogP contribution in [0.4, 0.5) is 0 Å². The molecular formula is C20H26N2O3. The fraction of sp³-hybridized carbons (Fsp3) is 0.350. The molecule has 0 fully saturated rings. The average molecular weight is 342 g/mol. The summed E-state index contributed by atoms with van der Waals surface area (Å²) >= 11 is 0. The topological polar surface area (TPSA) is 50.8 Å². The molecule has 2 aromatic rings. The molecule has 25 heavy (non-hydrogen) atoms. The highest BCUT2D eigenvalue weighted by molar-refractivity contribution is 5.83. The molecule has 0 bridgehead atoms. The highest BCUT2D eigenvalue weighted by Crippen LogP contribution is 2.30. The van der Waals surface area contributed by atoms with Crippen LogP contribution in [0.3, 0.4) is 0 Å². The lowest BCUT2D eigenvalue weighted by atomic mass is 10.0. The van der Waals surface area contributed by atoms with Gasteiger partial charge in [-0.05, 0) is 44.8 Å². The van der Waals surface area contributed by atoms with Crippen molar-refractivity contribution in [1.82, 2.24) is 10.2 Å². The predicted octanol–water partition coefficient (Wildman–Crippen LogP) is 3.18. The molecule has 2 atom stereocenters. The number of carbonyl (C=O) groups excluding carboxylic acids is 1. The number of ether oxygens (including phenoxy) is 2. The second kappa shape index (κ2) is 8.53. The molecule has 0 aliphatic rings. The number of rotatable bonds is 7. The van der Waals surface area contributed by atoms with Gasteiger partial charge in [-0.25, -0.2) is 0 Å². The monoisotopic (exact) mass is 342 g/mol. The first-order valence-electron chi connectivity index (χ1n) is 8.21. The molecule has 0 aliphatic carbocycles. The Hall–Kier alpha value is -2.53. The molecule has 2 aromatic carbocycles. The van der Waals surface area contributed by atoms with E-state index in [2.05, 4.69) is 5.32 Å². The fourth-order valence-electron chi connectivity index (χ4n) is 2.87. The molecule has 5 heteroatoms. The quantitative estimate of drug-likeness (QED) is 0.840. The zero-order valence-corrected chi connectivity index (χ0v) is 15.4. The molecule has 0 spiro atoms. The van der Waals surface area contributed by atoms with Crippen molar-refractivity contribution < 1.29 is 14.3 Å². The van der Waals surface area contributed by atoms with Crippen molar-refractivity contribution in [1.29, 1.82) is 0 Å². The van der Waals surface area contributed by atoms with Crippen LogP contribution >= 0.6 is 0 Å². The third-order valence-corrected chi connectivity index (χ3v) is 4.14. The molecule has 5 nitrogen and oxygen atoms in total. The Labute approximate surface area is 149 Å². The Balaban J connectivity index is 2.24. The van der Waals surface area contributed by atoms with Crippen LogP contribution in [0.15, 0.2) is 48.5 Å². The van der Waals surface area contributed by atoms with Gasteiger partial charge < -0.3 is 14.8 Å². The van der Waals surface area contributed by atoms with Crippen molar-refractivity contribution in [3.63, 3.8) is 0 Å². The number of amides is 1. The lowest BCUT2D eigenvalue weighted by Gasteiger charge is -2.26. The van der Waals surface area contributed by atoms with Gasteiger partial charge in [0.05, 0.1) is 20.3 Å². The summed E-state index contributed by atoms with van der Waals surface area (Å²) in [4.78, 5) is 14.8. The van der Waals surface area contributed by atoms with Gasteiger partial charge in [0.15, 0.2) is 0 Å². The summed E-state index contributed by atoms with van der Waals surface area (Å²) in [5.74, 6) is 1.38. The highest BCUT2D eigenvalue weighted by Gasteiger charge is 2.25. The van der Waals surface area contributed by atoms with E-state index in [1.807, 2.05) is 74.4 Å². The summed E-state index contributed by atoms with van der Waals surface area (Å²) in [5.41, 5.74) is 1.83. The van der Waals surface area contributed by atoms with Gasteiger partial charge in [-0.2, -0.15) is 0 Å². The van der Waals surface area contributed by atoms with Crippen LogP contribution in [0.25, 0.3) is 0 Å². The lowest BCUT2D eigenvalue weighted by molar-refractivity contribution is -0.126. The first kappa shape index (κ1) is 18.8. The van der Waals surface area contributed by atoms with Gasteiger partial charge in [0.25, 0.3) is 0 Å². The Morgan fingerprint density at radius 3 is 2.28 bits per heavy atom. The maximum atomic E-state index is 12.9. The minimum Gasteiger partial charge on any atom is -0.497 e. The van der Waals surface area contributed by atoms with Crippen LogP contribution in [0, 0.1) is 0 Å². The Bertz CT molecular complexity index is 701. The summed E-state index contributed by atoms with van der Waals surface area (Å²) in [5, 5.41) is 3.09. The molecule has 0 saturated heterocycles. The standard InChI is InChI=1S/C20H26N2O3/c1-14(17-13-16(24-4)11-12-18(17)25-5)21-20(23)19(22(2)3)15-9-7-6-8-10-15/h6-14,19H,1-5H3,(H,21,23)/t14-,19-/m0/s1. The molecule has 1 amide bonds. The molecule has 2 rings (SSSR count). The molecule has 0 heterocycles. The van der Waals surface area contributed by atoms with Crippen LogP contribution in [-0.2, 0) is 4.79 Å². The number of nitrogens with zero attached hydrogens (tertiary/aromatic N) is 1. The molecule has 0 radical (unpaired) electrons. The molecule has 0 saturated carbocycles. The van der Waals surface area contributed by atoms with E-state index in [1.54, 1.807) is 14.2 Å². The van der Waals surface area contributed by atoms with E-state index in [-0.39, 0.29) is 18.0 Å². The molecule has 0 aliphatic heterocycles. The van der Waals surface area contributed by atoms with E-state index in [9.17, 15) is 4.79 Å². The highest BCUT2D eigenvalue weighted by atomic mass is 16.5. The van der Waals surface area contributed by atoms with Crippen molar-refractivity contribution in [2.24, 2.45) is 0 Å². The van der Waals surface area contributed by atoms with E-state index in [0.29, 0.717) is 0 Å². The second-order valence-corrected chi connectivity index (χ2v) is 6.11. The molecule has 0 aromatic heterocycles. The third-order valence-electron chi connectivity index (χ3n) is 4.14. The lowest BCUT2D eigenvalue weighted by Crippen LogP contribution is -2.38. The Kier molecular flexibility index (Phi) is 6.42. The number of benzene rings is 2. The molecule has 134 valence electrons. The predicted molar refractivity (Wildman–Crippen MR) is 99.0 cm³/mol. The van der Waals surface area contributed by atoms with E-state index in [4.69, 9.17) is 9.47 Å². The average Bonchev–Trinajstić information content (AvgIpc) is 2.61. The fourth-order valence-corrected chi connectivity index (χ4v) is 2.87. The number of likely N-dealkylation sites (N-methyl/N-ethyl adjacent to an activating group) is 1. The van der Waals surface area contributed by atoms with Gasteiger partial charge in [-0.1, -0.05) is 30.3 Å². The molecular weight excluding hydrogens is 316 g/mol. The van der Waals surface area contributed by atoms with Crippen molar-refractivity contribution in [2.75, 3.05) is 28.3 Å². The summed E-state index contributed by atoms with van der Waals surface area (Å²) in [6.45, 7) is 1.94. The van der Waals surface area contributed by atoms with E-state index < -0.39 is 0 Å². The van der Waals surface area contributed by atoms with E-state index in [0.717, 1.165) is 22.6 Å². The van der Waals surface area contributed by atoms with E-state index >= 15 is 0 Å². The van der Waals surface area contributed by atoms with Crippen LogP contribution < -0.4 is 14.8 Å². The first-order chi connectivity index (χ1) is 12.0.